The number of halogens is 1. The summed E-state index contributed by atoms with van der Waals surface area (Å²) in [6, 6.07) is 34.3. The molecule has 0 fully saturated rings. The van der Waals surface area contributed by atoms with Gasteiger partial charge in [0.1, 0.15) is 0 Å². The van der Waals surface area contributed by atoms with E-state index in [1.54, 1.807) is 0 Å². The van der Waals surface area contributed by atoms with E-state index in [1.807, 2.05) is 6.07 Å². The van der Waals surface area contributed by atoms with E-state index in [2.05, 4.69) is 111 Å². The van der Waals surface area contributed by atoms with E-state index >= 15 is 0 Å². The summed E-state index contributed by atoms with van der Waals surface area (Å²) in [5.74, 6) is 0. The first-order valence-corrected chi connectivity index (χ1v) is 9.46. The molecule has 5 aromatic rings. The molecule has 0 bridgehead atoms. The molecule has 0 aliphatic rings. The van der Waals surface area contributed by atoms with Gasteiger partial charge in [0.15, 0.2) is 0 Å². The van der Waals surface area contributed by atoms with Crippen molar-refractivity contribution >= 4 is 37.7 Å². The van der Waals surface area contributed by atoms with E-state index < -0.39 is 0 Å². The molecule has 1 heterocycles. The third-order valence-corrected chi connectivity index (χ3v) is 5.52. The lowest BCUT2D eigenvalue weighted by Gasteiger charge is -2.10. The second-order valence-corrected chi connectivity index (χ2v) is 7.26. The van der Waals surface area contributed by atoms with Crippen LogP contribution < -0.4 is 0 Å². The summed E-state index contributed by atoms with van der Waals surface area (Å²) in [5.41, 5.74) is 6.07. The molecule has 1 nitrogen and oxygen atoms in total. The van der Waals surface area contributed by atoms with Crippen molar-refractivity contribution in [3.05, 3.63) is 102 Å². The molecule has 0 aliphatic heterocycles. The number of para-hydroxylation sites is 2. The Balaban J connectivity index is 1.76. The Morgan fingerprint density at radius 1 is 0.538 bits per heavy atom. The van der Waals surface area contributed by atoms with Gasteiger partial charge in [-0.1, -0.05) is 72.8 Å². The highest BCUT2D eigenvalue weighted by Crippen LogP contribution is 2.36. The molecule has 0 saturated heterocycles. The van der Waals surface area contributed by atoms with Crippen molar-refractivity contribution in [1.29, 1.82) is 0 Å². The zero-order chi connectivity index (χ0) is 17.5. The molecule has 0 atom stereocenters. The van der Waals surface area contributed by atoms with Crippen molar-refractivity contribution in [3.8, 4) is 16.8 Å². The van der Waals surface area contributed by atoms with Gasteiger partial charge in [0, 0.05) is 20.9 Å². The van der Waals surface area contributed by atoms with Crippen molar-refractivity contribution in [2.24, 2.45) is 0 Å². The van der Waals surface area contributed by atoms with Gasteiger partial charge < -0.3 is 4.57 Å². The van der Waals surface area contributed by atoms with Crippen molar-refractivity contribution in [3.63, 3.8) is 0 Å². The third kappa shape index (κ3) is 2.38. The number of nitrogens with zero attached hydrogens (tertiary/aromatic N) is 1. The zero-order valence-electron chi connectivity index (χ0n) is 14.1. The second kappa shape index (κ2) is 6.15. The van der Waals surface area contributed by atoms with Crippen LogP contribution in [0.1, 0.15) is 0 Å². The zero-order valence-corrected chi connectivity index (χ0v) is 15.6. The summed E-state index contributed by atoms with van der Waals surface area (Å²) in [6.07, 6.45) is 0. The Kier molecular flexibility index (Phi) is 3.65. The molecule has 2 heteroatoms. The van der Waals surface area contributed by atoms with Gasteiger partial charge >= 0.3 is 0 Å². The lowest BCUT2D eigenvalue weighted by molar-refractivity contribution is 1.18. The molecule has 0 aliphatic carbocycles. The average Bonchev–Trinajstić information content (AvgIpc) is 3.05. The molecular formula is C24H16BrN. The van der Waals surface area contributed by atoms with Crippen LogP contribution in [0.25, 0.3) is 38.6 Å². The minimum atomic E-state index is 1.11. The van der Waals surface area contributed by atoms with Crippen molar-refractivity contribution in [2.45, 2.75) is 0 Å². The van der Waals surface area contributed by atoms with Gasteiger partial charge in [-0.3, -0.25) is 0 Å². The lowest BCUT2D eigenvalue weighted by atomic mass is 10.1. The van der Waals surface area contributed by atoms with Crippen LogP contribution in [0.15, 0.2) is 102 Å². The number of rotatable bonds is 2. The Labute approximate surface area is 160 Å². The van der Waals surface area contributed by atoms with E-state index in [-0.39, 0.29) is 0 Å². The number of hydrogen-bond donors (Lipinski definition) is 0. The summed E-state index contributed by atoms with van der Waals surface area (Å²) in [7, 11) is 0. The van der Waals surface area contributed by atoms with Gasteiger partial charge in [-0.25, -0.2) is 0 Å². The van der Waals surface area contributed by atoms with Crippen LogP contribution in [0.5, 0.6) is 0 Å². The standard InChI is InChI=1S/C24H16BrN/c25-22-11-6-10-21-20-9-4-5-12-23(20)26(24(21)22)19-15-13-18(14-16-19)17-7-2-1-3-8-17/h1-16H. The molecule has 0 unspecified atom stereocenters. The van der Waals surface area contributed by atoms with Crippen LogP contribution in [0.3, 0.4) is 0 Å². The van der Waals surface area contributed by atoms with E-state index in [1.165, 1.54) is 38.6 Å². The van der Waals surface area contributed by atoms with E-state index in [0.29, 0.717) is 0 Å². The van der Waals surface area contributed by atoms with Gasteiger partial charge in [-0.05, 0) is 51.3 Å². The first-order valence-electron chi connectivity index (χ1n) is 8.66. The van der Waals surface area contributed by atoms with Crippen LogP contribution in [-0.2, 0) is 0 Å². The van der Waals surface area contributed by atoms with E-state index in [0.717, 1.165) is 4.47 Å². The minimum Gasteiger partial charge on any atom is -0.308 e. The number of hydrogen-bond acceptors (Lipinski definition) is 0. The van der Waals surface area contributed by atoms with E-state index in [9.17, 15) is 0 Å². The average molecular weight is 398 g/mol. The van der Waals surface area contributed by atoms with Crippen LogP contribution in [-0.4, -0.2) is 4.57 Å². The van der Waals surface area contributed by atoms with Crippen molar-refractivity contribution < 1.29 is 0 Å². The monoisotopic (exact) mass is 397 g/mol. The van der Waals surface area contributed by atoms with Gasteiger partial charge in [0.05, 0.1) is 11.0 Å². The fraction of sp³-hybridized carbons (Fsp3) is 0. The van der Waals surface area contributed by atoms with Crippen molar-refractivity contribution in [2.75, 3.05) is 0 Å². The summed E-state index contributed by atoms with van der Waals surface area (Å²) < 4.78 is 3.45. The fourth-order valence-electron chi connectivity index (χ4n) is 3.68. The summed E-state index contributed by atoms with van der Waals surface area (Å²) in [4.78, 5) is 0. The molecule has 26 heavy (non-hydrogen) atoms. The highest BCUT2D eigenvalue weighted by molar-refractivity contribution is 9.10. The van der Waals surface area contributed by atoms with Gasteiger partial charge in [-0.15, -0.1) is 0 Å². The molecule has 4 aromatic carbocycles. The summed E-state index contributed by atoms with van der Waals surface area (Å²) >= 11 is 3.75. The van der Waals surface area contributed by atoms with E-state index in [4.69, 9.17) is 0 Å². The molecule has 5 rings (SSSR count). The molecule has 0 spiro atoms. The molecule has 0 N–H and O–H groups in total. The number of benzene rings is 4. The molecular weight excluding hydrogens is 382 g/mol. The largest absolute Gasteiger partial charge is 0.308 e. The predicted octanol–water partition coefficient (Wildman–Crippen LogP) is 7.21. The Morgan fingerprint density at radius 3 is 2.00 bits per heavy atom. The molecule has 0 saturated carbocycles. The third-order valence-electron chi connectivity index (χ3n) is 4.88. The normalized spacial score (nSPS) is 11.3. The summed E-state index contributed by atoms with van der Waals surface area (Å²) in [5, 5.41) is 2.54. The van der Waals surface area contributed by atoms with Crippen LogP contribution in [0.4, 0.5) is 0 Å². The van der Waals surface area contributed by atoms with Crippen LogP contribution >= 0.6 is 15.9 Å². The quantitative estimate of drug-likeness (QED) is 0.296. The lowest BCUT2D eigenvalue weighted by Crippen LogP contribution is -1.94. The first-order chi connectivity index (χ1) is 12.8. The number of aromatic nitrogens is 1. The molecule has 0 radical (unpaired) electrons. The first kappa shape index (κ1) is 15.4. The van der Waals surface area contributed by atoms with Crippen LogP contribution in [0, 0.1) is 0 Å². The highest BCUT2D eigenvalue weighted by atomic mass is 79.9. The topological polar surface area (TPSA) is 4.93 Å². The maximum Gasteiger partial charge on any atom is 0.0683 e. The Hall–Kier alpha value is -2.84. The van der Waals surface area contributed by atoms with Gasteiger partial charge in [-0.2, -0.15) is 0 Å². The SMILES string of the molecule is Brc1cccc2c3ccccc3n(-c3ccc(-c4ccccc4)cc3)c12. The minimum absolute atomic E-state index is 1.11. The maximum atomic E-state index is 3.75. The van der Waals surface area contributed by atoms with Gasteiger partial charge in [0.25, 0.3) is 0 Å². The smallest absolute Gasteiger partial charge is 0.0683 e. The highest BCUT2D eigenvalue weighted by Gasteiger charge is 2.13. The molecule has 1 aromatic heterocycles. The Bertz CT molecular complexity index is 1220. The second-order valence-electron chi connectivity index (χ2n) is 6.40. The summed E-state index contributed by atoms with van der Waals surface area (Å²) in [6.45, 7) is 0. The molecule has 124 valence electrons. The molecule has 0 amide bonds. The van der Waals surface area contributed by atoms with Crippen molar-refractivity contribution in [1.82, 2.24) is 4.57 Å². The van der Waals surface area contributed by atoms with Crippen LogP contribution in [0.2, 0.25) is 0 Å². The predicted molar refractivity (Wildman–Crippen MR) is 114 cm³/mol. The fourth-order valence-corrected chi connectivity index (χ4v) is 4.22. The maximum absolute atomic E-state index is 3.75. The number of fused-ring (bicyclic) bond motifs is 3. The van der Waals surface area contributed by atoms with Gasteiger partial charge in [0.2, 0.25) is 0 Å². The Morgan fingerprint density at radius 2 is 1.19 bits per heavy atom.